The second-order valence-corrected chi connectivity index (χ2v) is 6.44. The van der Waals surface area contributed by atoms with Gasteiger partial charge in [-0.05, 0) is 24.1 Å². The Morgan fingerprint density at radius 2 is 1.37 bits per heavy atom. The Kier molecular flexibility index (Phi) is 5.42. The maximum absolute atomic E-state index is 5.98. The summed E-state index contributed by atoms with van der Waals surface area (Å²) in [6, 6.07) is 30.9. The SMILES string of the molecule is c1ccc(CCOCc2cn(-c3ccccc3)nc2-c2ccccc2)cc1. The van der Waals surface area contributed by atoms with Crippen LogP contribution in [0.5, 0.6) is 0 Å². The molecule has 0 aliphatic heterocycles. The van der Waals surface area contributed by atoms with Crippen LogP contribution in [0.2, 0.25) is 0 Å². The highest BCUT2D eigenvalue weighted by molar-refractivity contribution is 5.63. The van der Waals surface area contributed by atoms with Crippen LogP contribution in [0.25, 0.3) is 16.9 Å². The van der Waals surface area contributed by atoms with E-state index in [9.17, 15) is 0 Å². The van der Waals surface area contributed by atoms with E-state index in [0.29, 0.717) is 13.2 Å². The molecule has 0 aliphatic carbocycles. The van der Waals surface area contributed by atoms with E-state index in [-0.39, 0.29) is 0 Å². The third-order valence-electron chi connectivity index (χ3n) is 4.49. The maximum atomic E-state index is 5.98. The van der Waals surface area contributed by atoms with Gasteiger partial charge in [-0.3, -0.25) is 0 Å². The van der Waals surface area contributed by atoms with E-state index in [1.54, 1.807) is 0 Å². The highest BCUT2D eigenvalue weighted by Gasteiger charge is 2.12. The Balaban J connectivity index is 1.52. The number of hydrogen-bond donors (Lipinski definition) is 0. The topological polar surface area (TPSA) is 27.1 Å². The van der Waals surface area contributed by atoms with Crippen LogP contribution in [0.4, 0.5) is 0 Å². The van der Waals surface area contributed by atoms with Crippen molar-refractivity contribution in [2.75, 3.05) is 6.61 Å². The third-order valence-corrected chi connectivity index (χ3v) is 4.49. The maximum Gasteiger partial charge on any atom is 0.0982 e. The average Bonchev–Trinajstić information content (AvgIpc) is 3.17. The molecule has 1 heterocycles. The summed E-state index contributed by atoms with van der Waals surface area (Å²) in [7, 11) is 0. The molecule has 0 amide bonds. The van der Waals surface area contributed by atoms with Crippen molar-refractivity contribution in [1.82, 2.24) is 9.78 Å². The monoisotopic (exact) mass is 354 g/mol. The minimum Gasteiger partial charge on any atom is -0.376 e. The first-order chi connectivity index (χ1) is 13.4. The van der Waals surface area contributed by atoms with E-state index in [1.165, 1.54) is 5.56 Å². The van der Waals surface area contributed by atoms with Gasteiger partial charge in [0.15, 0.2) is 0 Å². The molecule has 4 rings (SSSR count). The van der Waals surface area contributed by atoms with Gasteiger partial charge in [-0.25, -0.2) is 4.68 Å². The standard InChI is InChI=1S/C24H22N2O/c1-4-10-20(11-5-1)16-17-27-19-22-18-26(23-14-8-3-9-15-23)25-24(22)21-12-6-2-7-13-21/h1-15,18H,16-17,19H2. The second-order valence-electron chi connectivity index (χ2n) is 6.44. The fraction of sp³-hybridized carbons (Fsp3) is 0.125. The number of hydrogen-bond acceptors (Lipinski definition) is 2. The summed E-state index contributed by atoms with van der Waals surface area (Å²) in [5.41, 5.74) is 5.51. The van der Waals surface area contributed by atoms with Crippen molar-refractivity contribution in [3.8, 4) is 16.9 Å². The first-order valence-electron chi connectivity index (χ1n) is 9.21. The van der Waals surface area contributed by atoms with E-state index in [4.69, 9.17) is 9.84 Å². The van der Waals surface area contributed by atoms with E-state index in [1.807, 2.05) is 47.1 Å². The van der Waals surface area contributed by atoms with Crippen LogP contribution in [-0.4, -0.2) is 16.4 Å². The van der Waals surface area contributed by atoms with Crippen LogP contribution in [-0.2, 0) is 17.8 Å². The van der Waals surface area contributed by atoms with Crippen molar-refractivity contribution in [2.24, 2.45) is 0 Å². The zero-order chi connectivity index (χ0) is 18.3. The molecule has 4 aromatic rings. The van der Waals surface area contributed by atoms with Crippen molar-refractivity contribution in [2.45, 2.75) is 13.0 Å². The molecule has 0 saturated carbocycles. The molecule has 27 heavy (non-hydrogen) atoms. The van der Waals surface area contributed by atoms with Gasteiger partial charge in [0.1, 0.15) is 0 Å². The summed E-state index contributed by atoms with van der Waals surface area (Å²) < 4.78 is 7.91. The third kappa shape index (κ3) is 4.33. The number of ether oxygens (including phenoxy) is 1. The number of benzene rings is 3. The highest BCUT2D eigenvalue weighted by atomic mass is 16.5. The van der Waals surface area contributed by atoms with Gasteiger partial charge >= 0.3 is 0 Å². The van der Waals surface area contributed by atoms with E-state index < -0.39 is 0 Å². The van der Waals surface area contributed by atoms with E-state index >= 15 is 0 Å². The number of para-hydroxylation sites is 1. The first-order valence-corrected chi connectivity index (χ1v) is 9.21. The molecule has 1 aromatic heterocycles. The molecule has 0 spiro atoms. The van der Waals surface area contributed by atoms with E-state index in [0.717, 1.165) is 28.9 Å². The van der Waals surface area contributed by atoms with Crippen LogP contribution in [0, 0.1) is 0 Å². The summed E-state index contributed by atoms with van der Waals surface area (Å²) in [6.45, 7) is 1.23. The predicted molar refractivity (Wildman–Crippen MR) is 109 cm³/mol. The lowest BCUT2D eigenvalue weighted by molar-refractivity contribution is 0.124. The fourth-order valence-corrected chi connectivity index (χ4v) is 3.08. The highest BCUT2D eigenvalue weighted by Crippen LogP contribution is 2.24. The van der Waals surface area contributed by atoms with Crippen molar-refractivity contribution in [1.29, 1.82) is 0 Å². The van der Waals surface area contributed by atoms with Gasteiger partial charge in [0, 0.05) is 17.3 Å². The molecule has 3 heteroatoms. The van der Waals surface area contributed by atoms with Gasteiger partial charge in [-0.2, -0.15) is 5.10 Å². The molecule has 0 unspecified atom stereocenters. The Bertz CT molecular complexity index is 963. The number of rotatable bonds is 7. The summed E-state index contributed by atoms with van der Waals surface area (Å²) >= 11 is 0. The van der Waals surface area contributed by atoms with Gasteiger partial charge < -0.3 is 4.74 Å². The summed E-state index contributed by atoms with van der Waals surface area (Å²) in [5, 5.41) is 4.82. The van der Waals surface area contributed by atoms with Crippen molar-refractivity contribution < 1.29 is 4.74 Å². The van der Waals surface area contributed by atoms with Crippen LogP contribution < -0.4 is 0 Å². The minimum atomic E-state index is 0.546. The van der Waals surface area contributed by atoms with Crippen molar-refractivity contribution >= 4 is 0 Å². The Morgan fingerprint density at radius 1 is 0.741 bits per heavy atom. The number of aromatic nitrogens is 2. The molecule has 0 atom stereocenters. The molecule has 0 radical (unpaired) electrons. The zero-order valence-electron chi connectivity index (χ0n) is 15.2. The van der Waals surface area contributed by atoms with Gasteiger partial charge in [0.2, 0.25) is 0 Å². The molecule has 3 aromatic carbocycles. The largest absolute Gasteiger partial charge is 0.376 e. The van der Waals surface area contributed by atoms with Crippen LogP contribution in [0.1, 0.15) is 11.1 Å². The second kappa shape index (κ2) is 8.47. The molecule has 0 saturated heterocycles. The fourth-order valence-electron chi connectivity index (χ4n) is 3.08. The summed E-state index contributed by atoms with van der Waals surface area (Å²) in [5.74, 6) is 0. The molecule has 0 bridgehead atoms. The lowest BCUT2D eigenvalue weighted by atomic mass is 10.1. The summed E-state index contributed by atoms with van der Waals surface area (Å²) in [4.78, 5) is 0. The Labute approximate surface area is 159 Å². The molecular weight excluding hydrogens is 332 g/mol. The quantitative estimate of drug-likeness (QED) is 0.421. The lowest BCUT2D eigenvalue weighted by Gasteiger charge is -2.05. The first kappa shape index (κ1) is 17.3. The van der Waals surface area contributed by atoms with E-state index in [2.05, 4.69) is 54.7 Å². The zero-order valence-corrected chi connectivity index (χ0v) is 15.2. The van der Waals surface area contributed by atoms with Gasteiger partial charge in [-0.15, -0.1) is 0 Å². The molecule has 134 valence electrons. The van der Waals surface area contributed by atoms with Crippen LogP contribution >= 0.6 is 0 Å². The summed E-state index contributed by atoms with van der Waals surface area (Å²) in [6.07, 6.45) is 2.98. The molecule has 0 N–H and O–H groups in total. The Morgan fingerprint density at radius 3 is 2.07 bits per heavy atom. The van der Waals surface area contributed by atoms with Crippen molar-refractivity contribution in [3.63, 3.8) is 0 Å². The van der Waals surface area contributed by atoms with Gasteiger partial charge in [0.25, 0.3) is 0 Å². The minimum absolute atomic E-state index is 0.546. The molecule has 0 fully saturated rings. The normalized spacial score (nSPS) is 10.8. The molecule has 0 aliphatic rings. The van der Waals surface area contributed by atoms with Crippen LogP contribution in [0.3, 0.4) is 0 Å². The smallest absolute Gasteiger partial charge is 0.0982 e. The number of nitrogens with zero attached hydrogens (tertiary/aromatic N) is 2. The van der Waals surface area contributed by atoms with Crippen molar-refractivity contribution in [3.05, 3.63) is 108 Å². The molecular formula is C24H22N2O. The van der Waals surface area contributed by atoms with Gasteiger partial charge in [-0.1, -0.05) is 78.9 Å². The Hall–Kier alpha value is -3.17. The van der Waals surface area contributed by atoms with Gasteiger partial charge in [0.05, 0.1) is 24.6 Å². The average molecular weight is 354 g/mol. The molecule has 3 nitrogen and oxygen atoms in total. The van der Waals surface area contributed by atoms with Crippen LogP contribution in [0.15, 0.2) is 97.2 Å². The lowest BCUT2D eigenvalue weighted by Crippen LogP contribution is -1.99. The predicted octanol–water partition coefficient (Wildman–Crippen LogP) is 5.30.